The maximum absolute atomic E-state index is 11.9. The zero-order valence-electron chi connectivity index (χ0n) is 13.1. The second-order valence-corrected chi connectivity index (χ2v) is 6.81. The van der Waals surface area contributed by atoms with Crippen LogP contribution in [-0.2, 0) is 4.79 Å². The van der Waals surface area contributed by atoms with E-state index >= 15 is 0 Å². The van der Waals surface area contributed by atoms with Gasteiger partial charge in [-0.2, -0.15) is 5.10 Å². The molecule has 128 valence electrons. The van der Waals surface area contributed by atoms with Gasteiger partial charge >= 0.3 is 0 Å². The Kier molecular flexibility index (Phi) is 5.50. The summed E-state index contributed by atoms with van der Waals surface area (Å²) in [6.45, 7) is 1.64. The molecule has 3 aromatic rings. The standard InChI is InChI=1S/C17H13Br2N3O3/c1-10-4-5-11(25-10)8-21-22-15(23)9-24-17-14(19)7-13(18)12-3-2-6-20-16(12)17/h2-8H,9H2,1H3,(H,22,23)/b21-8+. The zero-order chi connectivity index (χ0) is 17.8. The smallest absolute Gasteiger partial charge is 0.277 e. The van der Waals surface area contributed by atoms with Gasteiger partial charge in [0.2, 0.25) is 0 Å². The number of hydrogen-bond acceptors (Lipinski definition) is 5. The SMILES string of the molecule is Cc1ccc(/C=N/NC(=O)COc2c(Br)cc(Br)c3cccnc23)o1. The number of hydrogen-bond donors (Lipinski definition) is 1. The van der Waals surface area contributed by atoms with Gasteiger partial charge in [0.05, 0.1) is 10.7 Å². The molecule has 2 heterocycles. The van der Waals surface area contributed by atoms with E-state index in [0.29, 0.717) is 21.5 Å². The summed E-state index contributed by atoms with van der Waals surface area (Å²) in [7, 11) is 0. The Bertz CT molecular complexity index is 953. The Hall–Kier alpha value is -2.19. The molecule has 1 N–H and O–H groups in total. The molecule has 1 amide bonds. The number of aryl methyl sites for hydroxylation is 1. The second-order valence-electron chi connectivity index (χ2n) is 5.10. The van der Waals surface area contributed by atoms with Crippen LogP contribution in [0, 0.1) is 6.92 Å². The third kappa shape index (κ3) is 4.26. The Morgan fingerprint density at radius 3 is 2.96 bits per heavy atom. The third-order valence-corrected chi connectivity index (χ3v) is 4.49. The number of carbonyl (C=O) groups is 1. The molecule has 2 aromatic heterocycles. The highest BCUT2D eigenvalue weighted by molar-refractivity contribution is 9.11. The summed E-state index contributed by atoms with van der Waals surface area (Å²) in [6, 6.07) is 9.19. The van der Waals surface area contributed by atoms with Crippen molar-refractivity contribution < 1.29 is 13.9 Å². The topological polar surface area (TPSA) is 76.7 Å². The van der Waals surface area contributed by atoms with Gasteiger partial charge < -0.3 is 9.15 Å². The van der Waals surface area contributed by atoms with Gasteiger partial charge in [-0.05, 0) is 47.1 Å². The molecule has 0 bridgehead atoms. The number of amides is 1. The van der Waals surface area contributed by atoms with Gasteiger partial charge in [-0.1, -0.05) is 22.0 Å². The first-order valence-corrected chi connectivity index (χ1v) is 8.87. The average molecular weight is 467 g/mol. The number of furan rings is 1. The van der Waals surface area contributed by atoms with E-state index in [2.05, 4.69) is 47.4 Å². The van der Waals surface area contributed by atoms with Crippen LogP contribution in [0.4, 0.5) is 0 Å². The molecule has 0 saturated carbocycles. The molecule has 25 heavy (non-hydrogen) atoms. The normalized spacial score (nSPS) is 11.2. The van der Waals surface area contributed by atoms with Crippen molar-refractivity contribution in [2.75, 3.05) is 6.61 Å². The summed E-state index contributed by atoms with van der Waals surface area (Å²) in [6.07, 6.45) is 3.10. The summed E-state index contributed by atoms with van der Waals surface area (Å²) >= 11 is 6.92. The van der Waals surface area contributed by atoms with Crippen LogP contribution in [0.5, 0.6) is 5.75 Å². The van der Waals surface area contributed by atoms with Gasteiger partial charge in [-0.3, -0.25) is 9.78 Å². The van der Waals surface area contributed by atoms with Crippen LogP contribution >= 0.6 is 31.9 Å². The van der Waals surface area contributed by atoms with Crippen molar-refractivity contribution in [2.24, 2.45) is 5.10 Å². The molecule has 0 saturated heterocycles. The molecule has 0 unspecified atom stereocenters. The fourth-order valence-electron chi connectivity index (χ4n) is 2.14. The van der Waals surface area contributed by atoms with Crippen molar-refractivity contribution in [3.05, 3.63) is 57.0 Å². The molecule has 1 aromatic carbocycles. The first-order chi connectivity index (χ1) is 12.0. The summed E-state index contributed by atoms with van der Waals surface area (Å²) in [5.41, 5.74) is 3.05. The monoisotopic (exact) mass is 465 g/mol. The van der Waals surface area contributed by atoms with E-state index < -0.39 is 5.91 Å². The largest absolute Gasteiger partial charge is 0.480 e. The number of fused-ring (bicyclic) bond motifs is 1. The zero-order valence-corrected chi connectivity index (χ0v) is 16.3. The summed E-state index contributed by atoms with van der Waals surface area (Å²) in [4.78, 5) is 16.2. The molecule has 3 rings (SSSR count). The van der Waals surface area contributed by atoms with Crippen LogP contribution in [0.3, 0.4) is 0 Å². The van der Waals surface area contributed by atoms with Gasteiger partial charge in [-0.25, -0.2) is 5.43 Å². The molecule has 0 atom stereocenters. The van der Waals surface area contributed by atoms with Crippen molar-refractivity contribution in [1.29, 1.82) is 0 Å². The number of nitrogens with one attached hydrogen (secondary N) is 1. The summed E-state index contributed by atoms with van der Waals surface area (Å²) < 4.78 is 12.5. The molecule has 6 nitrogen and oxygen atoms in total. The number of pyridine rings is 1. The second kappa shape index (κ2) is 7.79. The first kappa shape index (κ1) is 17.6. The molecule has 0 spiro atoms. The minimum Gasteiger partial charge on any atom is -0.480 e. The van der Waals surface area contributed by atoms with Crippen LogP contribution in [0.25, 0.3) is 10.9 Å². The summed E-state index contributed by atoms with van der Waals surface area (Å²) in [5, 5.41) is 4.73. The number of hydrazone groups is 1. The number of aromatic nitrogens is 1. The van der Waals surface area contributed by atoms with Crippen LogP contribution in [0.2, 0.25) is 0 Å². The lowest BCUT2D eigenvalue weighted by Crippen LogP contribution is -2.24. The minimum atomic E-state index is -0.390. The van der Waals surface area contributed by atoms with Crippen LogP contribution < -0.4 is 10.2 Å². The van der Waals surface area contributed by atoms with E-state index in [0.717, 1.165) is 15.6 Å². The lowest BCUT2D eigenvalue weighted by Gasteiger charge is -2.11. The van der Waals surface area contributed by atoms with Crippen molar-refractivity contribution >= 4 is 54.9 Å². The van der Waals surface area contributed by atoms with E-state index in [1.54, 1.807) is 12.3 Å². The maximum atomic E-state index is 11.9. The number of nitrogens with zero attached hydrogens (tertiary/aromatic N) is 2. The highest BCUT2D eigenvalue weighted by atomic mass is 79.9. The van der Waals surface area contributed by atoms with E-state index in [1.807, 2.05) is 31.2 Å². The number of benzene rings is 1. The molecule has 0 fully saturated rings. The summed E-state index contributed by atoms with van der Waals surface area (Å²) in [5.74, 6) is 1.44. The van der Waals surface area contributed by atoms with Crippen molar-refractivity contribution in [1.82, 2.24) is 10.4 Å². The molecule has 0 aliphatic heterocycles. The van der Waals surface area contributed by atoms with E-state index in [-0.39, 0.29) is 6.61 Å². The lowest BCUT2D eigenvalue weighted by atomic mass is 10.2. The lowest BCUT2D eigenvalue weighted by molar-refractivity contribution is -0.123. The van der Waals surface area contributed by atoms with E-state index in [9.17, 15) is 4.79 Å². The Morgan fingerprint density at radius 1 is 1.36 bits per heavy atom. The molecule has 8 heteroatoms. The Morgan fingerprint density at radius 2 is 2.20 bits per heavy atom. The maximum Gasteiger partial charge on any atom is 0.277 e. The molecular weight excluding hydrogens is 454 g/mol. The molecular formula is C17H13Br2N3O3. The molecule has 0 aliphatic rings. The fourth-order valence-corrected chi connectivity index (χ4v) is 3.53. The van der Waals surface area contributed by atoms with E-state index in [4.69, 9.17) is 9.15 Å². The highest BCUT2D eigenvalue weighted by Gasteiger charge is 2.13. The Balaban J connectivity index is 1.66. The number of halogens is 2. The van der Waals surface area contributed by atoms with Gasteiger partial charge in [0.1, 0.15) is 17.0 Å². The fraction of sp³-hybridized carbons (Fsp3) is 0.118. The molecule has 0 aliphatic carbocycles. The quantitative estimate of drug-likeness (QED) is 0.451. The predicted molar refractivity (Wildman–Crippen MR) is 102 cm³/mol. The minimum absolute atomic E-state index is 0.194. The number of ether oxygens (including phenoxy) is 1. The van der Waals surface area contributed by atoms with Gasteiger partial charge in [-0.15, -0.1) is 0 Å². The highest BCUT2D eigenvalue weighted by Crippen LogP contribution is 2.37. The van der Waals surface area contributed by atoms with Crippen LogP contribution in [0.15, 0.2) is 55.0 Å². The number of rotatable bonds is 5. The van der Waals surface area contributed by atoms with Gasteiger partial charge in [0, 0.05) is 16.1 Å². The average Bonchev–Trinajstić information content (AvgIpc) is 3.00. The predicted octanol–water partition coefficient (Wildman–Crippen LogP) is 4.19. The van der Waals surface area contributed by atoms with Crippen molar-refractivity contribution in [3.63, 3.8) is 0 Å². The first-order valence-electron chi connectivity index (χ1n) is 7.28. The van der Waals surface area contributed by atoms with Gasteiger partial charge in [0.15, 0.2) is 12.4 Å². The van der Waals surface area contributed by atoms with Crippen molar-refractivity contribution in [2.45, 2.75) is 6.92 Å². The number of carbonyl (C=O) groups excluding carboxylic acids is 1. The van der Waals surface area contributed by atoms with Crippen LogP contribution in [0.1, 0.15) is 11.5 Å². The van der Waals surface area contributed by atoms with Gasteiger partial charge in [0.25, 0.3) is 5.91 Å². The molecule has 0 radical (unpaired) electrons. The van der Waals surface area contributed by atoms with E-state index in [1.165, 1.54) is 6.21 Å². The van der Waals surface area contributed by atoms with Crippen LogP contribution in [-0.4, -0.2) is 23.7 Å². The third-order valence-electron chi connectivity index (χ3n) is 3.24. The Labute approximate surface area is 160 Å². The van der Waals surface area contributed by atoms with Crippen molar-refractivity contribution in [3.8, 4) is 5.75 Å².